The molecule has 0 saturated carbocycles. The van der Waals surface area contributed by atoms with Crippen molar-refractivity contribution in [2.24, 2.45) is 0 Å². The van der Waals surface area contributed by atoms with E-state index < -0.39 is 12.9 Å². The fourth-order valence-electron chi connectivity index (χ4n) is 3.62. The molecule has 10 nitrogen and oxygen atoms in total. The van der Waals surface area contributed by atoms with Gasteiger partial charge in [-0.2, -0.15) is 0 Å². The molecule has 1 N–H and O–H groups in total. The molecule has 0 heterocycles. The van der Waals surface area contributed by atoms with E-state index in [-0.39, 0.29) is 43.7 Å². The van der Waals surface area contributed by atoms with Crippen LogP contribution in [0.15, 0.2) is 73.8 Å². The molecule has 276 valence electrons. The van der Waals surface area contributed by atoms with Gasteiger partial charge in [-0.25, -0.2) is 13.9 Å². The number of ether oxygens (including phenoxy) is 2. The number of aromatic hydroxyl groups is 1. The molecule has 0 aliphatic rings. The first-order chi connectivity index (χ1) is 23.2. The van der Waals surface area contributed by atoms with E-state index in [1.165, 1.54) is 29.0 Å². The highest BCUT2D eigenvalue weighted by Gasteiger charge is 2.30. The van der Waals surface area contributed by atoms with Gasteiger partial charge in [-0.15, -0.1) is 23.2 Å². The zero-order chi connectivity index (χ0) is 37.3. The average Bonchev–Trinajstić information content (AvgIpc) is 3.04. The summed E-state index contributed by atoms with van der Waals surface area (Å²) in [6.45, 7) is 9.76. The van der Waals surface area contributed by atoms with Crippen LogP contribution in [-0.4, -0.2) is 77.5 Å². The van der Waals surface area contributed by atoms with E-state index >= 15 is 0 Å². The van der Waals surface area contributed by atoms with Gasteiger partial charge in [-0.3, -0.25) is 14.2 Å². The van der Waals surface area contributed by atoms with Gasteiger partial charge in [0.15, 0.2) is 0 Å². The number of halogens is 5. The Balaban J connectivity index is 0.000000779. The summed E-state index contributed by atoms with van der Waals surface area (Å²) < 4.78 is 41.9. The molecular formula is C32H45Cl5N2O8P2. The van der Waals surface area contributed by atoms with Crippen molar-refractivity contribution in [2.75, 3.05) is 51.2 Å². The zero-order valence-corrected chi connectivity index (χ0v) is 33.2. The number of esters is 2. The van der Waals surface area contributed by atoms with Crippen LogP contribution in [0.3, 0.4) is 0 Å². The highest BCUT2D eigenvalue weighted by atomic mass is 35.9. The number of phenolic OH excluding ortho intramolecular Hbond substituents is 1. The minimum Gasteiger partial charge on any atom is -0.508 e. The van der Waals surface area contributed by atoms with Crippen molar-refractivity contribution in [1.29, 1.82) is 0 Å². The third-order valence-electron chi connectivity index (χ3n) is 5.81. The van der Waals surface area contributed by atoms with Crippen molar-refractivity contribution >= 4 is 81.7 Å². The highest BCUT2D eigenvalue weighted by molar-refractivity contribution is 8.06. The lowest BCUT2D eigenvalue weighted by Crippen LogP contribution is -2.23. The van der Waals surface area contributed by atoms with Crippen LogP contribution in [0.1, 0.15) is 37.8 Å². The zero-order valence-electron chi connectivity index (χ0n) is 27.7. The number of carbonyl (C=O) groups is 2. The topological polar surface area (TPSA) is 123 Å². The standard InChI is InChI=1S/C16H22Cl2NO4P.C11H12O3.C5H11Cl3NOP/c1-3-10-19(11-9-17)24(18,21)23-15-7-5-14(6-8-15)13-16(20)22-12-4-2;1-2-7-14-11(13)8-9-3-5-10(12)6-4-9;1-2-4-9(5-3-6)11(7,8)10/h4-8H,2-3,9-13H2,1H3;2-6,12H,1,7-8H2;2-5H2,1H3. The lowest BCUT2D eigenvalue weighted by atomic mass is 10.1. The van der Waals surface area contributed by atoms with Crippen LogP contribution in [0.5, 0.6) is 11.5 Å². The molecule has 0 aromatic heterocycles. The molecule has 2 rings (SSSR count). The lowest BCUT2D eigenvalue weighted by Gasteiger charge is -2.25. The van der Waals surface area contributed by atoms with Gasteiger partial charge in [0.1, 0.15) is 24.7 Å². The molecule has 1 atom stereocenters. The Bertz CT molecular complexity index is 1340. The van der Waals surface area contributed by atoms with Gasteiger partial charge in [0.2, 0.25) is 0 Å². The highest BCUT2D eigenvalue weighted by Crippen LogP contribution is 2.59. The number of phenols is 1. The second-order valence-electron chi connectivity index (χ2n) is 9.87. The van der Waals surface area contributed by atoms with Gasteiger partial charge in [0, 0.05) is 49.2 Å². The Morgan fingerprint density at radius 1 is 0.735 bits per heavy atom. The van der Waals surface area contributed by atoms with Gasteiger partial charge in [0.25, 0.3) is 0 Å². The molecule has 0 spiro atoms. The summed E-state index contributed by atoms with van der Waals surface area (Å²) in [7, 11) is 0. The molecule has 0 bridgehead atoms. The third-order valence-corrected chi connectivity index (χ3v) is 10.9. The number of alkyl halides is 2. The Labute approximate surface area is 314 Å². The second-order valence-corrected chi connectivity index (χ2v) is 18.3. The Kier molecular flexibility index (Phi) is 26.1. The maximum absolute atomic E-state index is 12.6. The maximum atomic E-state index is 12.6. The molecule has 0 saturated heterocycles. The molecule has 2 aromatic rings. The second kappa shape index (κ2) is 27.0. The Morgan fingerprint density at radius 3 is 1.53 bits per heavy atom. The van der Waals surface area contributed by atoms with Crippen LogP contribution in [-0.2, 0) is 41.0 Å². The summed E-state index contributed by atoms with van der Waals surface area (Å²) in [5, 5.41) is 9.00. The summed E-state index contributed by atoms with van der Waals surface area (Å²) in [6.07, 6.45) is 5.03. The van der Waals surface area contributed by atoms with Crippen LogP contribution in [0.4, 0.5) is 0 Å². The first-order valence-electron chi connectivity index (χ1n) is 15.2. The molecule has 0 fully saturated rings. The molecule has 0 amide bonds. The summed E-state index contributed by atoms with van der Waals surface area (Å²) in [5.74, 6) is -2.50. The smallest absolute Gasteiger partial charge is 0.411 e. The summed E-state index contributed by atoms with van der Waals surface area (Å²) in [4.78, 5) is 22.7. The molecule has 0 aliphatic carbocycles. The quantitative estimate of drug-likeness (QED) is 0.0598. The van der Waals surface area contributed by atoms with Crippen molar-refractivity contribution < 1.29 is 37.8 Å². The van der Waals surface area contributed by atoms with E-state index in [4.69, 9.17) is 76.0 Å². The van der Waals surface area contributed by atoms with Crippen LogP contribution in [0.25, 0.3) is 0 Å². The van der Waals surface area contributed by atoms with E-state index in [9.17, 15) is 18.7 Å². The number of hydrogen-bond donors (Lipinski definition) is 1. The Morgan fingerprint density at radius 2 is 1.14 bits per heavy atom. The molecule has 1 unspecified atom stereocenters. The summed E-state index contributed by atoms with van der Waals surface area (Å²) in [6, 6.07) is 13.1. The van der Waals surface area contributed by atoms with Gasteiger partial charge in [0.05, 0.1) is 12.8 Å². The SMILES string of the molecule is C=CCOC(=O)Cc1ccc(O)cc1.C=CCOC(=O)Cc1ccc(OP(=O)(Cl)N(CCC)CCCl)cc1.CCCN(CCCl)P(=O)(Cl)Cl. The van der Waals surface area contributed by atoms with E-state index in [1.807, 2.05) is 13.8 Å². The molecule has 49 heavy (non-hydrogen) atoms. The van der Waals surface area contributed by atoms with E-state index in [1.54, 1.807) is 41.1 Å². The van der Waals surface area contributed by atoms with Crippen molar-refractivity contribution in [3.63, 3.8) is 0 Å². The van der Waals surface area contributed by atoms with Gasteiger partial charge >= 0.3 is 24.8 Å². The molecular weight excluding hydrogens is 780 g/mol. The first kappa shape index (κ1) is 47.3. The third kappa shape index (κ3) is 22.7. The van der Waals surface area contributed by atoms with Crippen LogP contribution in [0.2, 0.25) is 0 Å². The normalized spacial score (nSPS) is 12.0. The number of carbonyl (C=O) groups excluding carboxylic acids is 2. The molecule has 17 heteroatoms. The van der Waals surface area contributed by atoms with Gasteiger partial charge in [-0.1, -0.05) is 63.4 Å². The fraction of sp³-hybridized carbons (Fsp3) is 0.438. The lowest BCUT2D eigenvalue weighted by molar-refractivity contribution is -0.142. The van der Waals surface area contributed by atoms with Crippen LogP contribution >= 0.6 is 69.8 Å². The van der Waals surface area contributed by atoms with E-state index in [0.29, 0.717) is 43.7 Å². The van der Waals surface area contributed by atoms with Crippen LogP contribution < -0.4 is 4.52 Å². The molecule has 2 aromatic carbocycles. The van der Waals surface area contributed by atoms with Crippen molar-refractivity contribution in [3.05, 3.63) is 85.0 Å². The largest absolute Gasteiger partial charge is 0.508 e. The van der Waals surface area contributed by atoms with Gasteiger partial charge in [-0.05, 0) is 70.7 Å². The summed E-state index contributed by atoms with van der Waals surface area (Å²) >= 11 is 28.2. The minimum absolute atomic E-state index is 0.140. The Hall–Kier alpha value is -1.71. The minimum atomic E-state index is -3.50. The van der Waals surface area contributed by atoms with Gasteiger partial charge < -0.3 is 19.1 Å². The number of rotatable bonds is 20. The molecule has 0 radical (unpaired) electrons. The van der Waals surface area contributed by atoms with Crippen molar-refractivity contribution in [2.45, 2.75) is 39.5 Å². The maximum Gasteiger partial charge on any atom is 0.411 e. The van der Waals surface area contributed by atoms with E-state index in [0.717, 1.165) is 24.0 Å². The summed E-state index contributed by atoms with van der Waals surface area (Å²) in [5.41, 5.74) is 1.57. The predicted molar refractivity (Wildman–Crippen MR) is 203 cm³/mol. The monoisotopic (exact) mass is 822 g/mol. The van der Waals surface area contributed by atoms with E-state index in [2.05, 4.69) is 13.2 Å². The number of hydrogen-bond acceptors (Lipinski definition) is 8. The predicted octanol–water partition coefficient (Wildman–Crippen LogP) is 9.82. The average molecular weight is 825 g/mol. The number of benzene rings is 2. The van der Waals surface area contributed by atoms with Crippen molar-refractivity contribution in [1.82, 2.24) is 9.34 Å². The van der Waals surface area contributed by atoms with Crippen LogP contribution in [0, 0.1) is 0 Å². The number of nitrogens with zero attached hydrogens (tertiary/aromatic N) is 2. The first-order valence-corrected chi connectivity index (χ1v) is 22.2. The van der Waals surface area contributed by atoms with Crippen molar-refractivity contribution in [3.8, 4) is 11.5 Å². The molecule has 0 aliphatic heterocycles. The fourth-order valence-corrected chi connectivity index (χ4v) is 7.90.